The predicted octanol–water partition coefficient (Wildman–Crippen LogP) is 2.53. The Hall–Kier alpha value is -0.800. The van der Waals surface area contributed by atoms with Crippen LogP contribution < -0.4 is 0 Å². The van der Waals surface area contributed by atoms with Crippen LogP contribution in [-0.4, -0.2) is 26.3 Å². The highest BCUT2D eigenvalue weighted by Gasteiger charge is 2.24. The van der Waals surface area contributed by atoms with Crippen molar-refractivity contribution in [1.82, 2.24) is 4.31 Å². The molecule has 0 spiro atoms. The van der Waals surface area contributed by atoms with E-state index < -0.39 is 10.0 Å². The Balaban J connectivity index is 3.14. The van der Waals surface area contributed by atoms with Crippen molar-refractivity contribution in [1.29, 1.82) is 5.26 Å². The molecule has 0 N–H and O–H groups in total. The second-order valence-corrected chi connectivity index (χ2v) is 6.09. The number of sulfonamides is 1. The number of nitrogens with zero attached hydrogens (tertiary/aromatic N) is 2. The van der Waals surface area contributed by atoms with E-state index in [1.165, 1.54) is 25.2 Å². The Bertz CT molecular complexity index is 552. The zero-order chi connectivity index (χ0) is 13.1. The maximum atomic E-state index is 12.1. The molecule has 4 nitrogen and oxygen atoms in total. The smallest absolute Gasteiger partial charge is 0.207 e. The summed E-state index contributed by atoms with van der Waals surface area (Å²) in [5.41, 5.74) is 0. The molecule has 1 aromatic rings. The minimum atomic E-state index is -3.70. The summed E-state index contributed by atoms with van der Waals surface area (Å²) in [5.74, 6) is 0. The van der Waals surface area contributed by atoms with Crippen LogP contribution >= 0.6 is 23.2 Å². The SMILES string of the molecule is CN(CCC#N)S(=O)(=O)c1cccc(Cl)c1Cl. The summed E-state index contributed by atoms with van der Waals surface area (Å²) < 4.78 is 25.2. The van der Waals surface area contributed by atoms with Crippen molar-refractivity contribution in [3.05, 3.63) is 28.2 Å². The summed E-state index contributed by atoms with van der Waals surface area (Å²) in [7, 11) is -2.31. The highest BCUT2D eigenvalue weighted by atomic mass is 35.5. The third kappa shape index (κ3) is 3.11. The van der Waals surface area contributed by atoms with Gasteiger partial charge in [-0.25, -0.2) is 8.42 Å². The van der Waals surface area contributed by atoms with Gasteiger partial charge in [0.05, 0.1) is 16.1 Å². The highest BCUT2D eigenvalue weighted by Crippen LogP contribution is 2.30. The van der Waals surface area contributed by atoms with Gasteiger partial charge >= 0.3 is 0 Å². The molecule has 0 atom stereocenters. The van der Waals surface area contributed by atoms with Crippen LogP contribution in [0.4, 0.5) is 0 Å². The molecule has 0 saturated carbocycles. The topological polar surface area (TPSA) is 61.2 Å². The first-order valence-corrected chi connectivity index (χ1v) is 6.88. The third-order valence-electron chi connectivity index (χ3n) is 2.14. The van der Waals surface area contributed by atoms with Crippen LogP contribution in [0.1, 0.15) is 6.42 Å². The lowest BCUT2D eigenvalue weighted by Crippen LogP contribution is -2.28. The van der Waals surface area contributed by atoms with Crippen molar-refractivity contribution < 1.29 is 8.42 Å². The molecule has 0 aliphatic heterocycles. The van der Waals surface area contributed by atoms with Gasteiger partial charge < -0.3 is 0 Å². The molecule has 17 heavy (non-hydrogen) atoms. The first-order valence-electron chi connectivity index (χ1n) is 4.68. The average Bonchev–Trinajstić information content (AvgIpc) is 2.29. The average molecular weight is 293 g/mol. The fraction of sp³-hybridized carbons (Fsp3) is 0.300. The summed E-state index contributed by atoms with van der Waals surface area (Å²) in [4.78, 5) is -0.0490. The Kier molecular flexibility index (Phi) is 4.78. The maximum absolute atomic E-state index is 12.1. The van der Waals surface area contributed by atoms with E-state index in [1.807, 2.05) is 6.07 Å². The molecule has 0 aliphatic rings. The summed E-state index contributed by atoms with van der Waals surface area (Å²) in [5, 5.41) is 8.61. The molecule has 92 valence electrons. The molecule has 0 fully saturated rings. The monoisotopic (exact) mass is 292 g/mol. The van der Waals surface area contributed by atoms with Crippen LogP contribution in [0, 0.1) is 11.3 Å². The minimum absolute atomic E-state index is 0.00188. The molecule has 0 aromatic heterocycles. The van der Waals surface area contributed by atoms with E-state index >= 15 is 0 Å². The summed E-state index contributed by atoms with van der Waals surface area (Å²) in [6.07, 6.45) is 0.119. The lowest BCUT2D eigenvalue weighted by atomic mass is 10.4. The quantitative estimate of drug-likeness (QED) is 0.857. The Morgan fingerprint density at radius 1 is 1.41 bits per heavy atom. The van der Waals surface area contributed by atoms with Gasteiger partial charge in [0.2, 0.25) is 10.0 Å². The highest BCUT2D eigenvalue weighted by molar-refractivity contribution is 7.89. The number of rotatable bonds is 4. The maximum Gasteiger partial charge on any atom is 0.244 e. The summed E-state index contributed by atoms with van der Waals surface area (Å²) in [6.45, 7) is 0.113. The first-order chi connectivity index (χ1) is 7.91. The summed E-state index contributed by atoms with van der Waals surface area (Å²) in [6, 6.07) is 6.29. The molecule has 0 amide bonds. The van der Waals surface area contributed by atoms with Crippen LogP contribution in [0.5, 0.6) is 0 Å². The van der Waals surface area contributed by atoms with Gasteiger partial charge in [-0.3, -0.25) is 0 Å². The molecular formula is C10H10Cl2N2O2S. The van der Waals surface area contributed by atoms with Crippen molar-refractivity contribution in [3.8, 4) is 6.07 Å². The lowest BCUT2D eigenvalue weighted by molar-refractivity contribution is 0.476. The van der Waals surface area contributed by atoms with Crippen LogP contribution in [0.2, 0.25) is 10.0 Å². The van der Waals surface area contributed by atoms with Crippen LogP contribution in [-0.2, 0) is 10.0 Å². The predicted molar refractivity (Wildman–Crippen MR) is 66.5 cm³/mol. The Morgan fingerprint density at radius 3 is 2.65 bits per heavy atom. The Morgan fingerprint density at radius 2 is 2.06 bits per heavy atom. The number of hydrogen-bond donors (Lipinski definition) is 0. The van der Waals surface area contributed by atoms with Crippen molar-refractivity contribution in [3.63, 3.8) is 0 Å². The number of halogens is 2. The number of benzene rings is 1. The Labute approximate surface area is 110 Å². The standard InChI is InChI=1S/C10H10Cl2N2O2S/c1-14(7-3-6-13)17(15,16)9-5-2-4-8(11)10(9)12/h2,4-5H,3,7H2,1H3. The van der Waals surface area contributed by atoms with Gasteiger partial charge in [0.15, 0.2) is 0 Å². The van der Waals surface area contributed by atoms with Crippen LogP contribution in [0.25, 0.3) is 0 Å². The van der Waals surface area contributed by atoms with E-state index in [0.717, 1.165) is 4.31 Å². The molecule has 1 rings (SSSR count). The third-order valence-corrected chi connectivity index (χ3v) is 4.97. The molecule has 0 bridgehead atoms. The van der Waals surface area contributed by atoms with E-state index in [9.17, 15) is 8.42 Å². The second kappa shape index (κ2) is 5.69. The van der Waals surface area contributed by atoms with E-state index in [4.69, 9.17) is 28.5 Å². The van der Waals surface area contributed by atoms with Crippen molar-refractivity contribution in [2.45, 2.75) is 11.3 Å². The molecule has 0 heterocycles. The van der Waals surface area contributed by atoms with Crippen molar-refractivity contribution in [2.75, 3.05) is 13.6 Å². The normalized spacial score (nSPS) is 11.5. The molecule has 1 aromatic carbocycles. The van der Waals surface area contributed by atoms with Gasteiger partial charge in [-0.15, -0.1) is 0 Å². The minimum Gasteiger partial charge on any atom is -0.207 e. The second-order valence-electron chi connectivity index (χ2n) is 3.29. The van der Waals surface area contributed by atoms with Crippen LogP contribution in [0.15, 0.2) is 23.1 Å². The van der Waals surface area contributed by atoms with Crippen LogP contribution in [0.3, 0.4) is 0 Å². The molecular weight excluding hydrogens is 283 g/mol. The fourth-order valence-corrected chi connectivity index (χ4v) is 3.08. The molecule has 7 heteroatoms. The lowest BCUT2D eigenvalue weighted by Gasteiger charge is -2.16. The molecule has 0 unspecified atom stereocenters. The van der Waals surface area contributed by atoms with Gasteiger partial charge in [0.25, 0.3) is 0 Å². The first kappa shape index (κ1) is 14.3. The van der Waals surface area contributed by atoms with Gasteiger partial charge in [0, 0.05) is 20.0 Å². The van der Waals surface area contributed by atoms with E-state index in [2.05, 4.69) is 0 Å². The van der Waals surface area contributed by atoms with E-state index in [0.29, 0.717) is 0 Å². The zero-order valence-corrected chi connectivity index (χ0v) is 11.3. The molecule has 0 saturated heterocycles. The van der Waals surface area contributed by atoms with E-state index in [-0.39, 0.29) is 27.9 Å². The fourth-order valence-electron chi connectivity index (χ4n) is 1.18. The number of nitriles is 1. The van der Waals surface area contributed by atoms with E-state index in [1.54, 1.807) is 0 Å². The van der Waals surface area contributed by atoms with Gasteiger partial charge in [-0.05, 0) is 12.1 Å². The van der Waals surface area contributed by atoms with Crippen molar-refractivity contribution >= 4 is 33.2 Å². The van der Waals surface area contributed by atoms with Gasteiger partial charge in [-0.2, -0.15) is 9.57 Å². The zero-order valence-electron chi connectivity index (χ0n) is 9.02. The molecule has 0 radical (unpaired) electrons. The van der Waals surface area contributed by atoms with Gasteiger partial charge in [0.1, 0.15) is 4.90 Å². The van der Waals surface area contributed by atoms with Gasteiger partial charge in [-0.1, -0.05) is 29.3 Å². The van der Waals surface area contributed by atoms with Crippen molar-refractivity contribution in [2.24, 2.45) is 0 Å². The number of hydrogen-bond acceptors (Lipinski definition) is 3. The summed E-state index contributed by atoms with van der Waals surface area (Å²) >= 11 is 11.6. The largest absolute Gasteiger partial charge is 0.244 e. The molecule has 0 aliphatic carbocycles.